The van der Waals surface area contributed by atoms with Gasteiger partial charge in [-0.1, -0.05) is 45.0 Å². The monoisotopic (exact) mass is 409 g/mol. The molecule has 0 saturated carbocycles. The van der Waals surface area contributed by atoms with Crippen molar-refractivity contribution in [2.75, 3.05) is 18.5 Å². The van der Waals surface area contributed by atoms with Gasteiger partial charge in [0.15, 0.2) is 11.5 Å². The molecule has 1 aliphatic heterocycles. The third kappa shape index (κ3) is 5.63. The van der Waals surface area contributed by atoms with E-state index in [4.69, 9.17) is 14.6 Å². The van der Waals surface area contributed by atoms with Crippen molar-refractivity contribution < 1.29 is 24.2 Å². The van der Waals surface area contributed by atoms with Crippen molar-refractivity contribution in [3.63, 3.8) is 0 Å². The van der Waals surface area contributed by atoms with Gasteiger partial charge in [0.05, 0.1) is 0 Å². The molecule has 1 heterocycles. The van der Waals surface area contributed by atoms with Crippen LogP contribution in [0.1, 0.15) is 44.7 Å². The maximum Gasteiger partial charge on any atom is 0.303 e. The average molecular weight is 409 g/mol. The van der Waals surface area contributed by atoms with Gasteiger partial charge >= 0.3 is 5.97 Å². The summed E-state index contributed by atoms with van der Waals surface area (Å²) >= 11 is 0. The van der Waals surface area contributed by atoms with Gasteiger partial charge in [-0.2, -0.15) is 0 Å². The molecule has 2 N–H and O–H groups in total. The molecule has 6 heteroatoms. The van der Waals surface area contributed by atoms with E-state index in [9.17, 15) is 9.59 Å². The lowest BCUT2D eigenvalue weighted by atomic mass is 9.86. The lowest BCUT2D eigenvalue weighted by molar-refractivity contribution is -0.136. The fraction of sp³-hybridized carbons (Fsp3) is 0.333. The van der Waals surface area contributed by atoms with E-state index in [-0.39, 0.29) is 24.2 Å². The van der Waals surface area contributed by atoms with Crippen LogP contribution in [0.5, 0.6) is 11.5 Å². The number of ether oxygens (including phenoxy) is 2. The average Bonchev–Trinajstić information content (AvgIpc) is 2.70. The maximum atomic E-state index is 12.6. The molecule has 0 saturated heterocycles. The van der Waals surface area contributed by atoms with Crippen LogP contribution in [0.15, 0.2) is 48.5 Å². The number of rotatable bonds is 6. The first kappa shape index (κ1) is 21.4. The largest absolute Gasteiger partial charge is 0.486 e. The molecule has 3 rings (SSSR count). The summed E-state index contributed by atoms with van der Waals surface area (Å²) in [5.74, 6) is 0.00851. The SMILES string of the molecule is CC(C)(C)c1ccc(C(=CC(=O)Nc2ccc3c(c2)OCCO3)CCC(=O)O)cc1. The zero-order valence-corrected chi connectivity index (χ0v) is 17.5. The quantitative estimate of drug-likeness (QED) is 0.679. The van der Waals surface area contributed by atoms with Gasteiger partial charge in [-0.3, -0.25) is 9.59 Å². The van der Waals surface area contributed by atoms with Crippen LogP contribution in [0.25, 0.3) is 5.57 Å². The van der Waals surface area contributed by atoms with Gasteiger partial charge in [0.1, 0.15) is 13.2 Å². The molecule has 0 bridgehead atoms. The van der Waals surface area contributed by atoms with Crippen molar-refractivity contribution >= 4 is 23.1 Å². The van der Waals surface area contributed by atoms with E-state index in [0.29, 0.717) is 36.0 Å². The summed E-state index contributed by atoms with van der Waals surface area (Å²) in [5.41, 5.74) is 3.28. The molecule has 1 aliphatic rings. The van der Waals surface area contributed by atoms with E-state index in [2.05, 4.69) is 26.1 Å². The highest BCUT2D eigenvalue weighted by Crippen LogP contribution is 2.33. The Hall–Kier alpha value is -3.28. The summed E-state index contributed by atoms with van der Waals surface area (Å²) in [5, 5.41) is 11.9. The highest BCUT2D eigenvalue weighted by atomic mass is 16.6. The number of amides is 1. The molecule has 0 unspecified atom stereocenters. The van der Waals surface area contributed by atoms with Gasteiger partial charge in [0, 0.05) is 24.3 Å². The Balaban J connectivity index is 1.80. The lowest BCUT2D eigenvalue weighted by Gasteiger charge is -2.19. The van der Waals surface area contributed by atoms with Crippen LogP contribution in [-0.4, -0.2) is 30.2 Å². The lowest BCUT2D eigenvalue weighted by Crippen LogP contribution is -2.16. The number of carboxylic acid groups (broad SMARTS) is 1. The smallest absolute Gasteiger partial charge is 0.303 e. The summed E-state index contributed by atoms with van der Waals surface area (Å²) in [7, 11) is 0. The first-order valence-corrected chi connectivity index (χ1v) is 9.96. The van der Waals surface area contributed by atoms with Gasteiger partial charge < -0.3 is 19.9 Å². The van der Waals surface area contributed by atoms with E-state index in [1.54, 1.807) is 18.2 Å². The molecule has 2 aromatic rings. The van der Waals surface area contributed by atoms with Crippen molar-refractivity contribution in [1.82, 2.24) is 0 Å². The van der Waals surface area contributed by atoms with Crippen molar-refractivity contribution in [1.29, 1.82) is 0 Å². The first-order valence-electron chi connectivity index (χ1n) is 9.96. The number of benzene rings is 2. The van der Waals surface area contributed by atoms with Crippen LogP contribution in [0.3, 0.4) is 0 Å². The number of allylic oxidation sites excluding steroid dienone is 1. The molecule has 0 radical (unpaired) electrons. The number of carboxylic acids is 1. The van der Waals surface area contributed by atoms with Crippen molar-refractivity contribution in [2.24, 2.45) is 0 Å². The number of aliphatic carboxylic acids is 1. The zero-order valence-electron chi connectivity index (χ0n) is 17.5. The fourth-order valence-corrected chi connectivity index (χ4v) is 3.18. The van der Waals surface area contributed by atoms with E-state index in [1.807, 2.05) is 24.3 Å². The van der Waals surface area contributed by atoms with E-state index in [1.165, 1.54) is 11.6 Å². The number of carbonyl (C=O) groups excluding carboxylic acids is 1. The van der Waals surface area contributed by atoms with Gasteiger partial charge in [0.25, 0.3) is 0 Å². The zero-order chi connectivity index (χ0) is 21.7. The summed E-state index contributed by atoms with van der Waals surface area (Å²) in [6.45, 7) is 7.36. The highest BCUT2D eigenvalue weighted by molar-refractivity contribution is 6.04. The molecule has 0 spiro atoms. The van der Waals surface area contributed by atoms with Crippen LogP contribution >= 0.6 is 0 Å². The van der Waals surface area contributed by atoms with Gasteiger partial charge in [-0.05, 0) is 40.7 Å². The number of hydrogen-bond acceptors (Lipinski definition) is 4. The van der Waals surface area contributed by atoms with Crippen molar-refractivity contribution in [3.05, 3.63) is 59.7 Å². The van der Waals surface area contributed by atoms with Gasteiger partial charge in [0.2, 0.25) is 5.91 Å². The Morgan fingerprint density at radius 3 is 2.30 bits per heavy atom. The van der Waals surface area contributed by atoms with Crippen molar-refractivity contribution in [2.45, 2.75) is 39.0 Å². The topological polar surface area (TPSA) is 84.9 Å². The summed E-state index contributed by atoms with van der Waals surface area (Å²) < 4.78 is 11.0. The van der Waals surface area contributed by atoms with Crippen LogP contribution in [0.4, 0.5) is 5.69 Å². The highest BCUT2D eigenvalue weighted by Gasteiger charge is 2.15. The third-order valence-corrected chi connectivity index (χ3v) is 4.84. The van der Waals surface area contributed by atoms with Crippen LogP contribution in [0, 0.1) is 0 Å². The number of nitrogens with one attached hydrogen (secondary N) is 1. The predicted molar refractivity (Wildman–Crippen MR) is 116 cm³/mol. The maximum absolute atomic E-state index is 12.6. The number of fused-ring (bicyclic) bond motifs is 1. The number of anilines is 1. The minimum Gasteiger partial charge on any atom is -0.486 e. The van der Waals surface area contributed by atoms with E-state index in [0.717, 1.165) is 5.56 Å². The standard InChI is InChI=1S/C24H27NO5/c1-24(2,3)18-7-4-16(5-8-18)17(6-11-23(27)28)14-22(26)25-19-9-10-20-21(15-19)30-13-12-29-20/h4-5,7-10,14-15H,6,11-13H2,1-3H3,(H,25,26)(H,27,28). The summed E-state index contributed by atoms with van der Waals surface area (Å²) in [4.78, 5) is 23.7. The first-order chi connectivity index (χ1) is 14.2. The number of carbonyl (C=O) groups is 2. The van der Waals surface area contributed by atoms with Gasteiger partial charge in [-0.15, -0.1) is 0 Å². The number of hydrogen-bond donors (Lipinski definition) is 2. The molecule has 6 nitrogen and oxygen atoms in total. The van der Waals surface area contributed by atoms with Crippen LogP contribution in [0.2, 0.25) is 0 Å². The van der Waals surface area contributed by atoms with E-state index >= 15 is 0 Å². The second-order valence-corrected chi connectivity index (χ2v) is 8.24. The normalized spacial score (nSPS) is 13.6. The molecule has 30 heavy (non-hydrogen) atoms. The van der Waals surface area contributed by atoms with Crippen LogP contribution in [-0.2, 0) is 15.0 Å². The molecule has 2 aromatic carbocycles. The molecule has 0 atom stereocenters. The Morgan fingerprint density at radius 2 is 1.67 bits per heavy atom. The Kier molecular flexibility index (Phi) is 6.45. The molecule has 158 valence electrons. The second-order valence-electron chi connectivity index (χ2n) is 8.24. The molecule has 0 aliphatic carbocycles. The predicted octanol–water partition coefficient (Wildman–Crippen LogP) is 4.64. The van der Waals surface area contributed by atoms with Crippen molar-refractivity contribution in [3.8, 4) is 11.5 Å². The fourth-order valence-electron chi connectivity index (χ4n) is 3.18. The Bertz CT molecular complexity index is 955. The molecule has 1 amide bonds. The summed E-state index contributed by atoms with van der Waals surface area (Å²) in [6.07, 6.45) is 1.68. The molecular weight excluding hydrogens is 382 g/mol. The Morgan fingerprint density at radius 1 is 1.00 bits per heavy atom. The molecule has 0 fully saturated rings. The van der Waals surface area contributed by atoms with E-state index < -0.39 is 5.97 Å². The third-order valence-electron chi connectivity index (χ3n) is 4.84. The second kappa shape index (κ2) is 9.03. The van der Waals surface area contributed by atoms with Crippen LogP contribution < -0.4 is 14.8 Å². The van der Waals surface area contributed by atoms with Gasteiger partial charge in [-0.25, -0.2) is 0 Å². The summed E-state index contributed by atoms with van der Waals surface area (Å²) in [6, 6.07) is 13.1. The molecule has 0 aromatic heterocycles. The minimum atomic E-state index is -0.903. The molecular formula is C24H27NO5. The minimum absolute atomic E-state index is 0.0130. The Labute approximate surface area is 176 Å².